The molecule has 7 nitrogen and oxygen atoms in total. The number of hydrogen-bond donors (Lipinski definition) is 1. The van der Waals surface area contributed by atoms with Gasteiger partial charge in [0.2, 0.25) is 0 Å². The predicted octanol–water partition coefficient (Wildman–Crippen LogP) is -0.242. The molecule has 0 aliphatic rings. The van der Waals surface area contributed by atoms with Crippen LogP contribution in [0.2, 0.25) is 0 Å². The monoisotopic (exact) mass is 246 g/mol. The average molecular weight is 246 g/mol. The number of rotatable bonds is 5. The maximum Gasteiger partial charge on any atom is 0.334 e. The minimum Gasteiger partial charge on any atom is -0.310 e. The highest BCUT2D eigenvalue weighted by molar-refractivity contribution is 7.72. The number of thiol groups is 1. The first-order valence-electron chi connectivity index (χ1n) is 4.48. The molecule has 8 heteroatoms. The van der Waals surface area contributed by atoms with Crippen molar-refractivity contribution >= 4 is 16.4 Å². The molecule has 0 fully saturated rings. The van der Waals surface area contributed by atoms with Gasteiger partial charge in [-0.3, -0.25) is 14.9 Å². The Labute approximate surface area is 92.4 Å². The van der Waals surface area contributed by atoms with E-state index < -0.39 is 26.9 Å². The molecule has 0 saturated carbocycles. The number of nitro groups is 1. The second-order valence-electron chi connectivity index (χ2n) is 3.06. The highest BCUT2D eigenvalue weighted by Gasteiger charge is 2.12. The van der Waals surface area contributed by atoms with Gasteiger partial charge < -0.3 is 4.57 Å². The van der Waals surface area contributed by atoms with E-state index in [-0.39, 0.29) is 18.7 Å². The molecule has 0 aliphatic heterocycles. The van der Waals surface area contributed by atoms with Crippen LogP contribution in [0.3, 0.4) is 0 Å². The number of aryl methyl sites for hydroxylation is 1. The lowest BCUT2D eigenvalue weighted by Crippen LogP contribution is -2.22. The molecular formula is C8H10N2O5S. The summed E-state index contributed by atoms with van der Waals surface area (Å²) < 4.78 is 21.7. The summed E-state index contributed by atoms with van der Waals surface area (Å²) in [7, 11) is -2.48. The van der Waals surface area contributed by atoms with Crippen molar-refractivity contribution in [3.05, 3.63) is 38.8 Å². The van der Waals surface area contributed by atoms with Gasteiger partial charge >= 0.3 is 11.2 Å². The van der Waals surface area contributed by atoms with Crippen molar-refractivity contribution in [2.24, 2.45) is 0 Å². The van der Waals surface area contributed by atoms with Crippen molar-refractivity contribution in [1.29, 1.82) is 0 Å². The SMILES string of the molecule is O=c1c([N+](=O)[O-])cccn1CCC[SH](=O)=O. The lowest BCUT2D eigenvalue weighted by atomic mass is 10.4. The van der Waals surface area contributed by atoms with Crippen LogP contribution in [0, 0.1) is 10.1 Å². The minimum atomic E-state index is -2.48. The Morgan fingerprint density at radius 3 is 2.69 bits per heavy atom. The third kappa shape index (κ3) is 3.16. The van der Waals surface area contributed by atoms with E-state index in [2.05, 4.69) is 0 Å². The molecule has 16 heavy (non-hydrogen) atoms. The van der Waals surface area contributed by atoms with E-state index in [0.29, 0.717) is 0 Å². The predicted molar refractivity (Wildman–Crippen MR) is 57.2 cm³/mol. The summed E-state index contributed by atoms with van der Waals surface area (Å²) >= 11 is 0. The number of pyridine rings is 1. The van der Waals surface area contributed by atoms with Gasteiger partial charge in [-0.05, 0) is 12.5 Å². The zero-order valence-corrected chi connectivity index (χ0v) is 9.13. The van der Waals surface area contributed by atoms with Crippen LogP contribution in [0.4, 0.5) is 5.69 Å². The Bertz CT molecular complexity index is 511. The van der Waals surface area contributed by atoms with Crippen LogP contribution in [-0.4, -0.2) is 23.7 Å². The molecule has 0 aliphatic carbocycles. The molecule has 1 aromatic rings. The first kappa shape index (κ1) is 12.4. The summed E-state index contributed by atoms with van der Waals surface area (Å²) in [5.41, 5.74) is -1.22. The second kappa shape index (κ2) is 5.40. The molecule has 0 saturated heterocycles. The zero-order chi connectivity index (χ0) is 12.1. The fraction of sp³-hybridized carbons (Fsp3) is 0.375. The Balaban J connectivity index is 2.85. The van der Waals surface area contributed by atoms with Gasteiger partial charge in [0, 0.05) is 24.6 Å². The Morgan fingerprint density at radius 1 is 1.44 bits per heavy atom. The van der Waals surface area contributed by atoms with Gasteiger partial charge in [-0.1, -0.05) is 0 Å². The molecule has 1 aromatic heterocycles. The smallest absolute Gasteiger partial charge is 0.310 e. The Kier molecular flexibility index (Phi) is 4.18. The van der Waals surface area contributed by atoms with E-state index in [1.54, 1.807) is 0 Å². The third-order valence-electron chi connectivity index (χ3n) is 1.94. The topological polar surface area (TPSA) is 99.3 Å². The van der Waals surface area contributed by atoms with E-state index in [4.69, 9.17) is 0 Å². The molecule has 0 unspecified atom stereocenters. The van der Waals surface area contributed by atoms with Crippen LogP contribution in [0.1, 0.15) is 6.42 Å². The van der Waals surface area contributed by atoms with Crippen LogP contribution in [0.25, 0.3) is 0 Å². The van der Waals surface area contributed by atoms with Gasteiger partial charge in [-0.25, -0.2) is 8.42 Å². The van der Waals surface area contributed by atoms with E-state index in [1.807, 2.05) is 0 Å². The van der Waals surface area contributed by atoms with E-state index in [9.17, 15) is 23.3 Å². The molecule has 0 atom stereocenters. The van der Waals surface area contributed by atoms with Crippen molar-refractivity contribution in [3.63, 3.8) is 0 Å². The lowest BCUT2D eigenvalue weighted by molar-refractivity contribution is -0.386. The molecule has 88 valence electrons. The number of aromatic nitrogens is 1. The number of nitrogens with zero attached hydrogens (tertiary/aromatic N) is 2. The lowest BCUT2D eigenvalue weighted by Gasteiger charge is -2.02. The summed E-state index contributed by atoms with van der Waals surface area (Å²) in [6, 6.07) is 2.50. The average Bonchev–Trinajstić information content (AvgIpc) is 2.19. The van der Waals surface area contributed by atoms with Crippen LogP contribution in [0.5, 0.6) is 0 Å². The maximum absolute atomic E-state index is 11.5. The van der Waals surface area contributed by atoms with Gasteiger partial charge in [-0.2, -0.15) is 0 Å². The van der Waals surface area contributed by atoms with Crippen LogP contribution in [0.15, 0.2) is 23.1 Å². The van der Waals surface area contributed by atoms with Crippen molar-refractivity contribution in [2.75, 3.05) is 5.75 Å². The molecule has 0 N–H and O–H groups in total. The molecule has 0 spiro atoms. The van der Waals surface area contributed by atoms with E-state index in [1.165, 1.54) is 12.3 Å². The molecule has 0 amide bonds. The van der Waals surface area contributed by atoms with Gasteiger partial charge in [0.05, 0.1) is 4.92 Å². The minimum absolute atomic E-state index is 0.0372. The summed E-state index contributed by atoms with van der Waals surface area (Å²) in [5, 5.41) is 10.5. The fourth-order valence-corrected chi connectivity index (χ4v) is 1.61. The van der Waals surface area contributed by atoms with Crippen LogP contribution < -0.4 is 5.56 Å². The highest BCUT2D eigenvalue weighted by Crippen LogP contribution is 2.02. The first-order valence-corrected chi connectivity index (χ1v) is 5.84. The second-order valence-corrected chi connectivity index (χ2v) is 4.17. The van der Waals surface area contributed by atoms with E-state index in [0.717, 1.165) is 10.6 Å². The molecule has 1 heterocycles. The Hall–Kier alpha value is -1.70. The van der Waals surface area contributed by atoms with E-state index >= 15 is 0 Å². The maximum atomic E-state index is 11.5. The first-order chi connectivity index (χ1) is 7.52. The summed E-state index contributed by atoms with van der Waals surface area (Å²) in [6.07, 6.45) is 1.66. The van der Waals surface area contributed by atoms with Crippen molar-refractivity contribution in [1.82, 2.24) is 4.57 Å². The zero-order valence-electron chi connectivity index (χ0n) is 8.24. The summed E-state index contributed by atoms with van der Waals surface area (Å²) in [6.45, 7) is 0.157. The quantitative estimate of drug-likeness (QED) is 0.439. The standard InChI is InChI=1S/C8H10N2O5S/c11-8-7(10(12)13)3-1-4-9(8)5-2-6-16(14)15/h1,3-4,16H,2,5-6H2. The van der Waals surface area contributed by atoms with Gasteiger partial charge in [0.1, 0.15) is 10.7 Å². The van der Waals surface area contributed by atoms with Crippen LogP contribution in [-0.2, 0) is 17.2 Å². The third-order valence-corrected chi connectivity index (χ3v) is 2.62. The summed E-state index contributed by atoms with van der Waals surface area (Å²) in [4.78, 5) is 21.2. The molecule has 0 bridgehead atoms. The highest BCUT2D eigenvalue weighted by atomic mass is 32.2. The largest absolute Gasteiger partial charge is 0.334 e. The van der Waals surface area contributed by atoms with Gasteiger partial charge in [-0.15, -0.1) is 0 Å². The molecule has 1 rings (SSSR count). The van der Waals surface area contributed by atoms with Crippen molar-refractivity contribution in [2.45, 2.75) is 13.0 Å². The molecule has 0 radical (unpaired) electrons. The fourth-order valence-electron chi connectivity index (χ4n) is 1.21. The summed E-state index contributed by atoms with van der Waals surface area (Å²) in [5.74, 6) is -0.0372. The van der Waals surface area contributed by atoms with Gasteiger partial charge in [0.15, 0.2) is 0 Å². The normalized spacial score (nSPS) is 10.6. The molecular weight excluding hydrogens is 236 g/mol. The molecule has 0 aromatic carbocycles. The van der Waals surface area contributed by atoms with Gasteiger partial charge in [0.25, 0.3) is 0 Å². The number of hydrogen-bond acceptors (Lipinski definition) is 5. The van der Waals surface area contributed by atoms with Crippen molar-refractivity contribution < 1.29 is 13.3 Å². The van der Waals surface area contributed by atoms with Crippen LogP contribution >= 0.6 is 0 Å². The van der Waals surface area contributed by atoms with Crippen molar-refractivity contribution in [3.8, 4) is 0 Å². The Morgan fingerprint density at radius 2 is 2.12 bits per heavy atom.